The van der Waals surface area contributed by atoms with Crippen LogP contribution in [0.5, 0.6) is 0 Å². The first-order chi connectivity index (χ1) is 12.8. The zero-order chi connectivity index (χ0) is 18.2. The number of rotatable bonds is 6. The second kappa shape index (κ2) is 9.04. The van der Waals surface area contributed by atoms with E-state index >= 15 is 0 Å². The van der Waals surface area contributed by atoms with Gasteiger partial charge in [-0.15, -0.1) is 0 Å². The number of hydrogen-bond acceptors (Lipinski definition) is 6. The van der Waals surface area contributed by atoms with Gasteiger partial charge in [-0.1, -0.05) is 5.16 Å². The molecule has 140 valence electrons. The number of nitrogens with one attached hydrogen (secondary N) is 2. The van der Waals surface area contributed by atoms with Gasteiger partial charge in [0.2, 0.25) is 0 Å². The fourth-order valence-electron chi connectivity index (χ4n) is 2.84. The number of furan rings is 1. The van der Waals surface area contributed by atoms with Gasteiger partial charge < -0.3 is 24.5 Å². The summed E-state index contributed by atoms with van der Waals surface area (Å²) in [5.74, 6) is 0.948. The summed E-state index contributed by atoms with van der Waals surface area (Å²) >= 11 is 0. The summed E-state index contributed by atoms with van der Waals surface area (Å²) < 4.78 is 9.93. The molecule has 9 heteroatoms. The monoisotopic (exact) mass is 360 g/mol. The van der Waals surface area contributed by atoms with Gasteiger partial charge in [0, 0.05) is 58.9 Å². The molecule has 1 saturated heterocycles. The summed E-state index contributed by atoms with van der Waals surface area (Å²) in [6.07, 6.45) is 3.08. The van der Waals surface area contributed by atoms with Crippen LogP contribution >= 0.6 is 0 Å². The molecule has 1 fully saturated rings. The first-order valence-corrected chi connectivity index (χ1v) is 8.65. The van der Waals surface area contributed by atoms with Crippen molar-refractivity contribution in [2.45, 2.75) is 6.54 Å². The molecule has 0 saturated carbocycles. The maximum absolute atomic E-state index is 11.8. The predicted octanol–water partition coefficient (Wildman–Crippen LogP) is 0.391. The molecule has 3 rings (SSSR count). The second-order valence-corrected chi connectivity index (χ2v) is 5.96. The lowest BCUT2D eigenvalue weighted by atomic mass is 10.3. The van der Waals surface area contributed by atoms with Gasteiger partial charge in [-0.2, -0.15) is 0 Å². The molecule has 3 heterocycles. The molecule has 26 heavy (non-hydrogen) atoms. The number of guanidine groups is 1. The Bertz CT molecular complexity index is 690. The van der Waals surface area contributed by atoms with Crippen LogP contribution in [0.25, 0.3) is 0 Å². The SMILES string of the molecule is CN=C(NCCNC(=O)c1ccco1)N1CCN(Cc2ccon2)CC1. The largest absolute Gasteiger partial charge is 0.459 e. The van der Waals surface area contributed by atoms with Gasteiger partial charge in [0.25, 0.3) is 5.91 Å². The van der Waals surface area contributed by atoms with Crippen LogP contribution in [0, 0.1) is 0 Å². The van der Waals surface area contributed by atoms with E-state index in [0.29, 0.717) is 18.8 Å². The van der Waals surface area contributed by atoms with Gasteiger partial charge in [0.05, 0.1) is 12.0 Å². The molecule has 9 nitrogen and oxygen atoms in total. The van der Waals surface area contributed by atoms with Crippen LogP contribution in [0.2, 0.25) is 0 Å². The molecule has 2 aromatic heterocycles. The summed E-state index contributed by atoms with van der Waals surface area (Å²) in [5.41, 5.74) is 0.952. The third-order valence-corrected chi connectivity index (χ3v) is 4.20. The van der Waals surface area contributed by atoms with Crippen LogP contribution in [0.4, 0.5) is 0 Å². The van der Waals surface area contributed by atoms with E-state index in [1.54, 1.807) is 25.4 Å². The lowest BCUT2D eigenvalue weighted by Gasteiger charge is -2.36. The minimum Gasteiger partial charge on any atom is -0.459 e. The maximum atomic E-state index is 11.8. The lowest BCUT2D eigenvalue weighted by molar-refractivity contribution is 0.0926. The van der Waals surface area contributed by atoms with E-state index < -0.39 is 0 Å². The molecule has 0 aliphatic carbocycles. The Labute approximate surface area is 152 Å². The van der Waals surface area contributed by atoms with Crippen molar-refractivity contribution in [3.05, 3.63) is 42.2 Å². The third-order valence-electron chi connectivity index (χ3n) is 4.20. The van der Waals surface area contributed by atoms with Crippen molar-refractivity contribution in [3.63, 3.8) is 0 Å². The number of hydrogen-bond donors (Lipinski definition) is 2. The number of piperazine rings is 1. The molecule has 0 aromatic carbocycles. The zero-order valence-corrected chi connectivity index (χ0v) is 14.9. The molecule has 0 unspecified atom stereocenters. The highest BCUT2D eigenvalue weighted by atomic mass is 16.5. The smallest absolute Gasteiger partial charge is 0.287 e. The first kappa shape index (κ1) is 18.0. The first-order valence-electron chi connectivity index (χ1n) is 8.65. The average molecular weight is 360 g/mol. The van der Waals surface area contributed by atoms with Crippen LogP contribution < -0.4 is 10.6 Å². The molecule has 0 radical (unpaired) electrons. The predicted molar refractivity (Wildman–Crippen MR) is 95.8 cm³/mol. The Kier molecular flexibility index (Phi) is 6.26. The summed E-state index contributed by atoms with van der Waals surface area (Å²) in [4.78, 5) is 20.7. The Hall–Kier alpha value is -2.81. The average Bonchev–Trinajstić information content (AvgIpc) is 3.36. The van der Waals surface area contributed by atoms with Gasteiger partial charge >= 0.3 is 0 Å². The molecular formula is C17H24N6O3. The van der Waals surface area contributed by atoms with E-state index in [1.165, 1.54) is 6.26 Å². The van der Waals surface area contributed by atoms with Crippen molar-refractivity contribution in [2.75, 3.05) is 46.3 Å². The quantitative estimate of drug-likeness (QED) is 0.437. The van der Waals surface area contributed by atoms with Crippen LogP contribution in [-0.2, 0) is 6.54 Å². The van der Waals surface area contributed by atoms with E-state index in [2.05, 4.69) is 30.6 Å². The molecule has 0 bridgehead atoms. The molecule has 1 aliphatic rings. The highest BCUT2D eigenvalue weighted by Crippen LogP contribution is 2.07. The van der Waals surface area contributed by atoms with Gasteiger partial charge in [0.1, 0.15) is 6.26 Å². The van der Waals surface area contributed by atoms with Crippen molar-refractivity contribution in [1.29, 1.82) is 0 Å². The molecule has 0 spiro atoms. The Balaban J connectivity index is 1.36. The topological polar surface area (TPSA) is 99.1 Å². The fourth-order valence-corrected chi connectivity index (χ4v) is 2.84. The van der Waals surface area contributed by atoms with Crippen molar-refractivity contribution in [2.24, 2.45) is 4.99 Å². The van der Waals surface area contributed by atoms with Crippen LogP contribution in [-0.4, -0.2) is 73.1 Å². The maximum Gasteiger partial charge on any atom is 0.287 e. The molecule has 1 amide bonds. The number of amides is 1. The van der Waals surface area contributed by atoms with E-state index in [9.17, 15) is 4.79 Å². The Morgan fingerprint density at radius 1 is 1.19 bits per heavy atom. The van der Waals surface area contributed by atoms with E-state index in [1.807, 2.05) is 6.07 Å². The molecule has 1 aliphatic heterocycles. The molecule has 2 aromatic rings. The molecule has 2 N–H and O–H groups in total. The number of aromatic nitrogens is 1. The molecular weight excluding hydrogens is 336 g/mol. The third kappa shape index (κ3) is 4.85. The second-order valence-electron chi connectivity index (χ2n) is 5.96. The Morgan fingerprint density at radius 3 is 2.65 bits per heavy atom. The normalized spacial score (nSPS) is 15.9. The van der Waals surface area contributed by atoms with Crippen molar-refractivity contribution >= 4 is 11.9 Å². The number of aliphatic imine (C=N–C) groups is 1. The lowest BCUT2D eigenvalue weighted by Crippen LogP contribution is -2.53. The minimum atomic E-state index is -0.215. The standard InChI is InChI=1S/C17H24N6O3/c1-18-17(20-6-5-19-16(24)15-3-2-11-25-15)23-9-7-22(8-10-23)13-14-4-12-26-21-14/h2-4,11-12H,5-10,13H2,1H3,(H,18,20)(H,19,24). The highest BCUT2D eigenvalue weighted by Gasteiger charge is 2.20. The van der Waals surface area contributed by atoms with E-state index in [4.69, 9.17) is 8.94 Å². The zero-order valence-electron chi connectivity index (χ0n) is 14.9. The fraction of sp³-hybridized carbons (Fsp3) is 0.471. The van der Waals surface area contributed by atoms with Crippen molar-refractivity contribution < 1.29 is 13.7 Å². The van der Waals surface area contributed by atoms with Gasteiger partial charge in [-0.25, -0.2) is 0 Å². The van der Waals surface area contributed by atoms with Crippen molar-refractivity contribution in [3.8, 4) is 0 Å². The Morgan fingerprint density at radius 2 is 2.00 bits per heavy atom. The number of carbonyl (C=O) groups excluding carboxylic acids is 1. The summed E-state index contributed by atoms with van der Waals surface area (Å²) in [6.45, 7) is 5.52. The van der Waals surface area contributed by atoms with Gasteiger partial charge in [0.15, 0.2) is 11.7 Å². The number of carbonyl (C=O) groups is 1. The van der Waals surface area contributed by atoms with Crippen LogP contribution in [0.15, 0.2) is 44.7 Å². The van der Waals surface area contributed by atoms with Crippen molar-refractivity contribution in [1.82, 2.24) is 25.6 Å². The van der Waals surface area contributed by atoms with Crippen LogP contribution in [0.1, 0.15) is 16.2 Å². The summed E-state index contributed by atoms with van der Waals surface area (Å²) in [6, 6.07) is 5.22. The minimum absolute atomic E-state index is 0.215. The van der Waals surface area contributed by atoms with Gasteiger partial charge in [-0.3, -0.25) is 14.7 Å². The summed E-state index contributed by atoms with van der Waals surface area (Å²) in [5, 5.41) is 10.0. The van der Waals surface area contributed by atoms with E-state index in [0.717, 1.165) is 44.4 Å². The highest BCUT2D eigenvalue weighted by molar-refractivity contribution is 5.91. The number of nitrogens with zero attached hydrogens (tertiary/aromatic N) is 4. The van der Waals surface area contributed by atoms with E-state index in [-0.39, 0.29) is 5.91 Å². The van der Waals surface area contributed by atoms with Crippen LogP contribution in [0.3, 0.4) is 0 Å². The van der Waals surface area contributed by atoms with Gasteiger partial charge in [-0.05, 0) is 12.1 Å². The summed E-state index contributed by atoms with van der Waals surface area (Å²) in [7, 11) is 1.77. The molecule has 0 atom stereocenters.